The first-order chi connectivity index (χ1) is 14.9. The predicted molar refractivity (Wildman–Crippen MR) is 119 cm³/mol. The molecule has 1 rings (SSSR count). The minimum atomic E-state index is -1.78. The van der Waals surface area contributed by atoms with Crippen LogP contribution < -0.4 is 0 Å². The molecule has 0 aromatic carbocycles. The van der Waals surface area contributed by atoms with E-state index in [0.717, 1.165) is 38.5 Å². The van der Waals surface area contributed by atoms with Gasteiger partial charge in [-0.25, -0.2) is 0 Å². The molecule has 5 N–H and O–H groups in total. The predicted octanol–water partition coefficient (Wildman–Crippen LogP) is 2.53. The van der Waals surface area contributed by atoms with Crippen LogP contribution in [-0.4, -0.2) is 68.1 Å². The maximum atomic E-state index is 12.2. The quantitative estimate of drug-likeness (QED) is 0.184. The molecule has 1 aliphatic rings. The second-order valence-electron chi connectivity index (χ2n) is 8.36. The molecule has 6 atom stereocenters. The Hall–Kier alpha value is -1.09. The zero-order valence-electron chi connectivity index (χ0n) is 18.8. The van der Waals surface area contributed by atoms with Crippen molar-refractivity contribution < 1.29 is 35.1 Å². The Balaban J connectivity index is 2.07. The maximum Gasteiger partial charge on any atom is 0.192 e. The molecule has 0 aliphatic carbocycles. The van der Waals surface area contributed by atoms with E-state index in [1.54, 1.807) is 0 Å². The van der Waals surface area contributed by atoms with Crippen molar-refractivity contribution in [3.8, 4) is 0 Å². The number of aliphatic hydroxyl groups is 5. The van der Waals surface area contributed by atoms with Crippen molar-refractivity contribution in [2.75, 3.05) is 0 Å². The van der Waals surface area contributed by atoms with Gasteiger partial charge in [0.25, 0.3) is 0 Å². The van der Waals surface area contributed by atoms with Crippen molar-refractivity contribution in [1.82, 2.24) is 0 Å². The molecule has 0 radical (unpaired) electrons. The summed E-state index contributed by atoms with van der Waals surface area (Å²) in [5.41, 5.74) is 0. The number of Topliss-reactive ketones (excluding diaryl/α,β-unsaturated/α-hetero) is 1. The summed E-state index contributed by atoms with van der Waals surface area (Å²) >= 11 is 0. The van der Waals surface area contributed by atoms with E-state index in [0.29, 0.717) is 6.42 Å². The summed E-state index contributed by atoms with van der Waals surface area (Å²) < 4.78 is 4.87. The Bertz CT molecular complexity index is 534. The van der Waals surface area contributed by atoms with Crippen molar-refractivity contribution in [1.29, 1.82) is 0 Å². The average Bonchev–Trinajstić information content (AvgIpc) is 2.76. The fraction of sp³-hybridized carbons (Fsp3) is 0.792. The molecule has 7 heteroatoms. The third-order valence-electron chi connectivity index (χ3n) is 5.63. The lowest BCUT2D eigenvalue weighted by atomic mass is 9.92. The van der Waals surface area contributed by atoms with Crippen LogP contribution in [0.1, 0.15) is 84.0 Å². The first-order valence-corrected chi connectivity index (χ1v) is 11.8. The van der Waals surface area contributed by atoms with Gasteiger partial charge >= 0.3 is 0 Å². The summed E-state index contributed by atoms with van der Waals surface area (Å²) in [5, 5.41) is 48.5. The smallest absolute Gasteiger partial charge is 0.192 e. The van der Waals surface area contributed by atoms with Gasteiger partial charge in [-0.15, -0.1) is 0 Å². The standard InChI is InChI=1S/C24H42O7/c1-2-3-4-5-6-7-8-9-10-11-12-13-14-15-16-17-18(25)19(26)23-21(28)20(27)22(29)24(30)31-23/h6-7,9-10,18,20-25,27-30H,2-5,8,11-17H2,1H3/t18?,20-,21-,22+,23+,24+/m0/s1. The highest BCUT2D eigenvalue weighted by Gasteiger charge is 2.47. The zero-order valence-corrected chi connectivity index (χ0v) is 18.8. The van der Waals surface area contributed by atoms with Gasteiger partial charge in [-0.05, 0) is 38.5 Å². The number of hydrogen-bond donors (Lipinski definition) is 5. The largest absolute Gasteiger partial charge is 0.387 e. The minimum Gasteiger partial charge on any atom is -0.387 e. The van der Waals surface area contributed by atoms with Crippen LogP contribution in [0.15, 0.2) is 24.3 Å². The van der Waals surface area contributed by atoms with Gasteiger partial charge in [0, 0.05) is 0 Å². The highest BCUT2D eigenvalue weighted by atomic mass is 16.6. The summed E-state index contributed by atoms with van der Waals surface area (Å²) in [5.74, 6) is -0.790. The molecular formula is C24H42O7. The Morgan fingerprint density at radius 1 is 0.806 bits per heavy atom. The lowest BCUT2D eigenvalue weighted by Gasteiger charge is -2.38. The van der Waals surface area contributed by atoms with Crippen molar-refractivity contribution in [2.45, 2.75) is 121 Å². The molecule has 1 heterocycles. The van der Waals surface area contributed by atoms with E-state index in [2.05, 4.69) is 31.2 Å². The van der Waals surface area contributed by atoms with Gasteiger partial charge in [0.15, 0.2) is 18.2 Å². The van der Waals surface area contributed by atoms with Crippen LogP contribution in [0.3, 0.4) is 0 Å². The molecular weight excluding hydrogens is 400 g/mol. The highest BCUT2D eigenvalue weighted by Crippen LogP contribution is 2.22. The van der Waals surface area contributed by atoms with Crippen molar-refractivity contribution in [2.24, 2.45) is 0 Å². The fourth-order valence-electron chi connectivity index (χ4n) is 3.58. The number of carbonyl (C=O) groups is 1. The van der Waals surface area contributed by atoms with E-state index in [9.17, 15) is 30.3 Å². The molecule has 7 nitrogen and oxygen atoms in total. The number of aliphatic hydroxyl groups excluding tert-OH is 5. The van der Waals surface area contributed by atoms with Crippen LogP contribution in [0.4, 0.5) is 0 Å². The summed E-state index contributed by atoms with van der Waals surface area (Å²) in [6, 6.07) is 0. The third-order valence-corrected chi connectivity index (χ3v) is 5.63. The molecule has 1 saturated heterocycles. The molecule has 0 amide bonds. The van der Waals surface area contributed by atoms with Crippen LogP contribution in [0.25, 0.3) is 0 Å². The Kier molecular flexibility index (Phi) is 14.9. The lowest BCUT2D eigenvalue weighted by Crippen LogP contribution is -2.61. The Morgan fingerprint density at radius 2 is 1.39 bits per heavy atom. The molecule has 0 aromatic heterocycles. The topological polar surface area (TPSA) is 127 Å². The minimum absolute atomic E-state index is 0.227. The van der Waals surface area contributed by atoms with E-state index in [1.807, 2.05) is 0 Å². The van der Waals surface area contributed by atoms with Crippen molar-refractivity contribution in [3.63, 3.8) is 0 Å². The van der Waals surface area contributed by atoms with E-state index in [4.69, 9.17) is 4.74 Å². The van der Waals surface area contributed by atoms with Crippen LogP contribution >= 0.6 is 0 Å². The van der Waals surface area contributed by atoms with Gasteiger partial charge in [-0.2, -0.15) is 0 Å². The molecule has 0 aromatic rings. The number of ketones is 1. The van der Waals surface area contributed by atoms with Gasteiger partial charge in [0.05, 0.1) is 0 Å². The van der Waals surface area contributed by atoms with E-state index in [-0.39, 0.29) is 6.42 Å². The molecule has 0 saturated carbocycles. The third kappa shape index (κ3) is 10.9. The molecule has 1 aliphatic heterocycles. The van der Waals surface area contributed by atoms with Crippen molar-refractivity contribution in [3.05, 3.63) is 24.3 Å². The average molecular weight is 443 g/mol. The molecule has 0 bridgehead atoms. The van der Waals surface area contributed by atoms with Crippen LogP contribution in [0, 0.1) is 0 Å². The van der Waals surface area contributed by atoms with E-state index < -0.39 is 42.6 Å². The molecule has 1 unspecified atom stereocenters. The first kappa shape index (κ1) is 27.9. The van der Waals surface area contributed by atoms with E-state index in [1.165, 1.54) is 25.7 Å². The summed E-state index contributed by atoms with van der Waals surface area (Å²) in [7, 11) is 0. The second kappa shape index (κ2) is 16.5. The van der Waals surface area contributed by atoms with Gasteiger partial charge in [-0.1, -0.05) is 69.8 Å². The number of hydrogen-bond acceptors (Lipinski definition) is 7. The SMILES string of the molecule is CCCCCC=CCC=CCCCCCCCC(O)C(=O)[C@H]1O[C@@H](O)[C@H](O)[C@@H](O)[C@@H]1O. The first-order valence-electron chi connectivity index (χ1n) is 11.8. The highest BCUT2D eigenvalue weighted by molar-refractivity contribution is 5.87. The van der Waals surface area contributed by atoms with Crippen molar-refractivity contribution >= 4 is 5.78 Å². The lowest BCUT2D eigenvalue weighted by molar-refractivity contribution is -0.276. The number of carbonyl (C=O) groups excluding carboxylic acids is 1. The summed E-state index contributed by atoms with van der Waals surface area (Å²) in [6.45, 7) is 2.21. The van der Waals surface area contributed by atoms with Gasteiger partial charge in [0.2, 0.25) is 0 Å². The molecule has 31 heavy (non-hydrogen) atoms. The van der Waals surface area contributed by atoms with Gasteiger partial charge < -0.3 is 30.3 Å². The normalized spacial score (nSPS) is 27.9. The van der Waals surface area contributed by atoms with Crippen LogP contribution in [0.2, 0.25) is 0 Å². The van der Waals surface area contributed by atoms with E-state index >= 15 is 0 Å². The molecule has 180 valence electrons. The second-order valence-corrected chi connectivity index (χ2v) is 8.36. The molecule has 0 spiro atoms. The van der Waals surface area contributed by atoms with Crippen LogP contribution in [-0.2, 0) is 9.53 Å². The van der Waals surface area contributed by atoms with Gasteiger partial charge in [0.1, 0.15) is 24.4 Å². The monoisotopic (exact) mass is 442 g/mol. The van der Waals surface area contributed by atoms with Gasteiger partial charge in [-0.3, -0.25) is 4.79 Å². The number of allylic oxidation sites excluding steroid dienone is 4. The summed E-state index contributed by atoms with van der Waals surface area (Å²) in [4.78, 5) is 12.2. The Morgan fingerprint density at radius 3 is 2.03 bits per heavy atom. The fourth-order valence-corrected chi connectivity index (χ4v) is 3.58. The number of ether oxygens (including phenoxy) is 1. The maximum absolute atomic E-state index is 12.2. The Labute approximate surface area is 186 Å². The zero-order chi connectivity index (χ0) is 23.1. The number of rotatable bonds is 16. The van der Waals surface area contributed by atoms with Crippen LogP contribution in [0.5, 0.6) is 0 Å². The molecule has 1 fully saturated rings. The number of unbranched alkanes of at least 4 members (excludes halogenated alkanes) is 8. The summed E-state index contributed by atoms with van der Waals surface area (Å²) in [6.07, 6.45) is 11.1.